The smallest absolute Gasteiger partial charge is 0.0538 e. The van der Waals surface area contributed by atoms with Crippen molar-refractivity contribution in [1.82, 2.24) is 20.0 Å². The Morgan fingerprint density at radius 2 is 2.41 bits per heavy atom. The summed E-state index contributed by atoms with van der Waals surface area (Å²) in [6, 6.07) is 1.45. The molecule has 3 heterocycles. The molecule has 0 saturated carbocycles. The van der Waals surface area contributed by atoms with Crippen LogP contribution in [-0.2, 0) is 6.54 Å². The second-order valence-electron chi connectivity index (χ2n) is 5.03. The first-order chi connectivity index (χ1) is 8.36. The maximum atomic E-state index is 4.19. The van der Waals surface area contributed by atoms with Crippen LogP contribution in [0.5, 0.6) is 0 Å². The number of aromatic nitrogens is 2. The van der Waals surface area contributed by atoms with Crippen LogP contribution in [-0.4, -0.2) is 39.9 Å². The highest BCUT2D eigenvalue weighted by Gasteiger charge is 2.36. The van der Waals surface area contributed by atoms with Crippen LogP contribution >= 0.6 is 0 Å². The lowest BCUT2D eigenvalue weighted by atomic mass is 10.1. The minimum atomic E-state index is 0.671. The van der Waals surface area contributed by atoms with E-state index in [0.717, 1.165) is 12.6 Å². The van der Waals surface area contributed by atoms with Gasteiger partial charge >= 0.3 is 0 Å². The Morgan fingerprint density at radius 1 is 1.47 bits per heavy atom. The topological polar surface area (TPSA) is 33.1 Å². The number of hydrogen-bond donors (Lipinski definition) is 1. The van der Waals surface area contributed by atoms with Crippen molar-refractivity contribution < 1.29 is 0 Å². The van der Waals surface area contributed by atoms with Crippen molar-refractivity contribution >= 4 is 6.20 Å². The first-order valence-electron chi connectivity index (χ1n) is 6.50. The first-order valence-corrected chi connectivity index (χ1v) is 6.50. The van der Waals surface area contributed by atoms with Crippen molar-refractivity contribution in [3.63, 3.8) is 0 Å². The van der Waals surface area contributed by atoms with Gasteiger partial charge in [0.25, 0.3) is 0 Å². The summed E-state index contributed by atoms with van der Waals surface area (Å²) in [7, 11) is 0. The molecule has 4 nitrogen and oxygen atoms in total. The molecule has 3 rings (SSSR count). The third kappa shape index (κ3) is 2.15. The number of fused-ring (bicyclic) bond motifs is 1. The van der Waals surface area contributed by atoms with Gasteiger partial charge in [0.2, 0.25) is 0 Å². The molecule has 2 fully saturated rings. The molecule has 2 aliphatic rings. The van der Waals surface area contributed by atoms with E-state index in [-0.39, 0.29) is 0 Å². The fourth-order valence-corrected chi connectivity index (χ4v) is 3.14. The van der Waals surface area contributed by atoms with Gasteiger partial charge in [-0.3, -0.25) is 4.90 Å². The second kappa shape index (κ2) is 4.63. The monoisotopic (exact) mass is 232 g/mol. The molecule has 17 heavy (non-hydrogen) atoms. The third-order valence-electron chi connectivity index (χ3n) is 4.02. The molecule has 92 valence electrons. The minimum Gasteiger partial charge on any atom is -0.308 e. The zero-order valence-corrected chi connectivity index (χ0v) is 10.2. The molecule has 4 heteroatoms. The maximum Gasteiger partial charge on any atom is 0.0538 e. The lowest BCUT2D eigenvalue weighted by molar-refractivity contribution is 0.298. The molecule has 0 aliphatic carbocycles. The summed E-state index contributed by atoms with van der Waals surface area (Å²) in [6.45, 7) is 7.19. The largest absolute Gasteiger partial charge is 0.308 e. The quantitative estimate of drug-likeness (QED) is 0.849. The Hall–Kier alpha value is -1.13. The van der Waals surface area contributed by atoms with Crippen LogP contribution in [0.25, 0.3) is 6.20 Å². The van der Waals surface area contributed by atoms with Gasteiger partial charge in [0.05, 0.1) is 6.20 Å². The van der Waals surface area contributed by atoms with Crippen LogP contribution in [0.3, 0.4) is 0 Å². The normalized spacial score (nSPS) is 28.5. The van der Waals surface area contributed by atoms with Gasteiger partial charge in [-0.1, -0.05) is 6.58 Å². The van der Waals surface area contributed by atoms with E-state index in [1.165, 1.54) is 37.9 Å². The molecule has 2 aliphatic heterocycles. The van der Waals surface area contributed by atoms with Gasteiger partial charge in [0, 0.05) is 43.1 Å². The second-order valence-corrected chi connectivity index (χ2v) is 5.03. The summed E-state index contributed by atoms with van der Waals surface area (Å²) in [6.07, 6.45) is 9.69. The number of nitrogens with one attached hydrogen (secondary N) is 1. The van der Waals surface area contributed by atoms with E-state index in [0.29, 0.717) is 6.04 Å². The third-order valence-corrected chi connectivity index (χ3v) is 4.02. The average Bonchev–Trinajstić information content (AvgIpc) is 3.03. The Kier molecular flexibility index (Phi) is 2.99. The fraction of sp³-hybridized carbons (Fsp3) is 0.615. The first kappa shape index (κ1) is 11.0. The molecule has 0 bridgehead atoms. The molecule has 2 saturated heterocycles. The fourth-order valence-electron chi connectivity index (χ4n) is 3.14. The standard InChI is InChI=1S/C13H20N4/c1-2-17-10-11(9-15-17)8-14-12-5-7-16-6-3-4-13(12)16/h2,9-10,12-14H,1,3-8H2. The van der Waals surface area contributed by atoms with Crippen LogP contribution in [0.2, 0.25) is 0 Å². The van der Waals surface area contributed by atoms with E-state index in [9.17, 15) is 0 Å². The summed E-state index contributed by atoms with van der Waals surface area (Å²) < 4.78 is 1.76. The molecule has 0 amide bonds. The number of rotatable bonds is 4. The van der Waals surface area contributed by atoms with Crippen LogP contribution in [0, 0.1) is 0 Å². The molecule has 0 spiro atoms. The molecule has 1 aromatic heterocycles. The van der Waals surface area contributed by atoms with Crippen molar-refractivity contribution in [3.05, 3.63) is 24.5 Å². The highest BCUT2D eigenvalue weighted by atomic mass is 15.3. The Bertz CT molecular complexity index is 398. The maximum absolute atomic E-state index is 4.19. The SMILES string of the molecule is C=Cn1cc(CNC2CCN3CCCC23)cn1. The van der Waals surface area contributed by atoms with Gasteiger partial charge in [-0.05, 0) is 25.8 Å². The summed E-state index contributed by atoms with van der Waals surface area (Å²) in [5, 5.41) is 7.87. The Balaban J connectivity index is 1.55. The van der Waals surface area contributed by atoms with E-state index in [2.05, 4.69) is 21.9 Å². The van der Waals surface area contributed by atoms with Gasteiger partial charge in [-0.25, -0.2) is 4.68 Å². The zero-order chi connectivity index (χ0) is 11.7. The Labute approximate surface area is 102 Å². The molecule has 0 radical (unpaired) electrons. The van der Waals surface area contributed by atoms with E-state index >= 15 is 0 Å². The van der Waals surface area contributed by atoms with Crippen LogP contribution in [0.4, 0.5) is 0 Å². The summed E-state index contributed by atoms with van der Waals surface area (Å²) >= 11 is 0. The van der Waals surface area contributed by atoms with E-state index in [1.54, 1.807) is 10.9 Å². The van der Waals surface area contributed by atoms with E-state index < -0.39 is 0 Å². The summed E-state index contributed by atoms with van der Waals surface area (Å²) in [4.78, 5) is 2.63. The summed E-state index contributed by atoms with van der Waals surface area (Å²) in [5.41, 5.74) is 1.24. The molecule has 2 unspecified atom stereocenters. The van der Waals surface area contributed by atoms with Crippen molar-refractivity contribution in [2.75, 3.05) is 13.1 Å². The van der Waals surface area contributed by atoms with Crippen molar-refractivity contribution in [2.45, 2.75) is 37.9 Å². The van der Waals surface area contributed by atoms with Crippen LogP contribution in [0.1, 0.15) is 24.8 Å². The molecule has 1 aromatic rings. The van der Waals surface area contributed by atoms with Crippen LogP contribution < -0.4 is 5.32 Å². The molecular formula is C13H20N4. The summed E-state index contributed by atoms with van der Waals surface area (Å²) in [5.74, 6) is 0. The lowest BCUT2D eigenvalue weighted by Gasteiger charge is -2.20. The zero-order valence-electron chi connectivity index (χ0n) is 10.2. The number of hydrogen-bond acceptors (Lipinski definition) is 3. The molecule has 1 N–H and O–H groups in total. The minimum absolute atomic E-state index is 0.671. The van der Waals surface area contributed by atoms with Crippen molar-refractivity contribution in [3.8, 4) is 0 Å². The van der Waals surface area contributed by atoms with Crippen molar-refractivity contribution in [1.29, 1.82) is 0 Å². The van der Waals surface area contributed by atoms with Gasteiger partial charge in [-0.15, -0.1) is 0 Å². The Morgan fingerprint density at radius 3 is 3.24 bits per heavy atom. The van der Waals surface area contributed by atoms with Gasteiger partial charge < -0.3 is 5.32 Å². The lowest BCUT2D eigenvalue weighted by Crippen LogP contribution is -2.38. The average molecular weight is 232 g/mol. The van der Waals surface area contributed by atoms with Gasteiger partial charge in [-0.2, -0.15) is 5.10 Å². The van der Waals surface area contributed by atoms with Crippen molar-refractivity contribution in [2.24, 2.45) is 0 Å². The van der Waals surface area contributed by atoms with E-state index in [4.69, 9.17) is 0 Å². The highest BCUT2D eigenvalue weighted by Crippen LogP contribution is 2.27. The van der Waals surface area contributed by atoms with E-state index in [1.807, 2.05) is 12.4 Å². The highest BCUT2D eigenvalue weighted by molar-refractivity contribution is 5.17. The van der Waals surface area contributed by atoms with Gasteiger partial charge in [0.1, 0.15) is 0 Å². The van der Waals surface area contributed by atoms with Gasteiger partial charge in [0.15, 0.2) is 0 Å². The number of nitrogens with zero attached hydrogens (tertiary/aromatic N) is 3. The molecule has 0 aromatic carbocycles. The molecule has 2 atom stereocenters. The predicted molar refractivity (Wildman–Crippen MR) is 68.5 cm³/mol. The predicted octanol–water partition coefficient (Wildman–Crippen LogP) is 1.31. The molecular weight excluding hydrogens is 212 g/mol. The van der Waals surface area contributed by atoms with Crippen LogP contribution in [0.15, 0.2) is 19.0 Å².